The van der Waals surface area contributed by atoms with Crippen molar-refractivity contribution in [3.05, 3.63) is 23.7 Å². The van der Waals surface area contributed by atoms with Crippen LogP contribution in [0.15, 0.2) is 18.7 Å². The van der Waals surface area contributed by atoms with E-state index in [0.29, 0.717) is 11.7 Å². The Bertz CT molecular complexity index is 366. The number of hydrogen-bond acceptors (Lipinski definition) is 6. The quantitative estimate of drug-likeness (QED) is 0.536. The van der Waals surface area contributed by atoms with E-state index in [1.54, 1.807) is 12.5 Å². The van der Waals surface area contributed by atoms with Crippen molar-refractivity contribution in [2.75, 3.05) is 5.43 Å². The van der Waals surface area contributed by atoms with E-state index >= 15 is 0 Å². The third-order valence-corrected chi connectivity index (χ3v) is 2.31. The van der Waals surface area contributed by atoms with Crippen LogP contribution < -0.4 is 11.3 Å². The van der Waals surface area contributed by atoms with E-state index in [1.165, 1.54) is 11.3 Å². The van der Waals surface area contributed by atoms with Crippen molar-refractivity contribution in [1.82, 2.24) is 19.7 Å². The van der Waals surface area contributed by atoms with E-state index in [-0.39, 0.29) is 0 Å². The molecule has 0 amide bonds. The SMILES string of the molecule is NNc1nnc(Cn2ccnc2)s1. The summed E-state index contributed by atoms with van der Waals surface area (Å²) < 4.78 is 1.92. The molecule has 0 aliphatic carbocycles. The summed E-state index contributed by atoms with van der Waals surface area (Å²) in [6.07, 6.45) is 5.33. The van der Waals surface area contributed by atoms with Crippen molar-refractivity contribution in [3.8, 4) is 0 Å². The molecule has 0 bridgehead atoms. The lowest BCUT2D eigenvalue weighted by Gasteiger charge is -1.94. The average Bonchev–Trinajstić information content (AvgIpc) is 2.76. The highest BCUT2D eigenvalue weighted by Crippen LogP contribution is 2.14. The average molecular weight is 196 g/mol. The Morgan fingerprint density at radius 3 is 3.08 bits per heavy atom. The maximum Gasteiger partial charge on any atom is 0.219 e. The lowest BCUT2D eigenvalue weighted by Crippen LogP contribution is -2.05. The molecule has 0 fully saturated rings. The molecule has 0 atom stereocenters. The first-order valence-corrected chi connectivity index (χ1v) is 4.45. The van der Waals surface area contributed by atoms with Gasteiger partial charge >= 0.3 is 0 Å². The number of nitrogens with zero attached hydrogens (tertiary/aromatic N) is 4. The number of hydrogen-bond donors (Lipinski definition) is 2. The Hall–Kier alpha value is -1.47. The molecule has 6 nitrogen and oxygen atoms in total. The molecule has 7 heteroatoms. The fraction of sp³-hybridized carbons (Fsp3) is 0.167. The summed E-state index contributed by atoms with van der Waals surface area (Å²) in [6, 6.07) is 0. The summed E-state index contributed by atoms with van der Waals surface area (Å²) in [4.78, 5) is 3.92. The van der Waals surface area contributed by atoms with Gasteiger partial charge in [-0.1, -0.05) is 11.3 Å². The Kier molecular flexibility index (Phi) is 2.19. The van der Waals surface area contributed by atoms with Gasteiger partial charge in [0, 0.05) is 12.4 Å². The first kappa shape index (κ1) is 8.14. The predicted octanol–water partition coefficient (Wildman–Crippen LogP) is 0.0685. The standard InChI is InChI=1S/C6H8N6S/c7-9-6-11-10-5(13-6)3-12-2-1-8-4-12/h1-2,4H,3,7H2,(H,9,11). The molecular formula is C6H8N6S. The van der Waals surface area contributed by atoms with E-state index in [0.717, 1.165) is 5.01 Å². The molecule has 0 saturated carbocycles. The second-order valence-corrected chi connectivity index (χ2v) is 3.44. The normalized spacial score (nSPS) is 10.2. The van der Waals surface area contributed by atoms with Gasteiger partial charge in [0.15, 0.2) is 0 Å². The first-order valence-electron chi connectivity index (χ1n) is 3.63. The molecule has 0 saturated heterocycles. The van der Waals surface area contributed by atoms with E-state index in [1.807, 2.05) is 10.8 Å². The van der Waals surface area contributed by atoms with Crippen LogP contribution in [0.25, 0.3) is 0 Å². The summed E-state index contributed by atoms with van der Waals surface area (Å²) >= 11 is 1.42. The highest BCUT2D eigenvalue weighted by atomic mass is 32.1. The van der Waals surface area contributed by atoms with Crippen LogP contribution in [0, 0.1) is 0 Å². The van der Waals surface area contributed by atoms with E-state index in [9.17, 15) is 0 Å². The van der Waals surface area contributed by atoms with Crippen LogP contribution in [-0.2, 0) is 6.54 Å². The summed E-state index contributed by atoms with van der Waals surface area (Å²) in [7, 11) is 0. The summed E-state index contributed by atoms with van der Waals surface area (Å²) in [6.45, 7) is 0.680. The molecule has 2 rings (SSSR count). The molecule has 2 heterocycles. The molecule has 0 radical (unpaired) electrons. The lowest BCUT2D eigenvalue weighted by molar-refractivity contribution is 0.777. The van der Waals surface area contributed by atoms with Gasteiger partial charge in [-0.15, -0.1) is 10.2 Å². The predicted molar refractivity (Wildman–Crippen MR) is 49.0 cm³/mol. The van der Waals surface area contributed by atoms with Crippen molar-refractivity contribution in [2.24, 2.45) is 5.84 Å². The second kappa shape index (κ2) is 3.50. The van der Waals surface area contributed by atoms with E-state index < -0.39 is 0 Å². The first-order chi connectivity index (χ1) is 6.38. The third-order valence-electron chi connectivity index (χ3n) is 1.47. The Morgan fingerprint density at radius 1 is 1.54 bits per heavy atom. The monoisotopic (exact) mass is 196 g/mol. The number of imidazole rings is 1. The van der Waals surface area contributed by atoms with Crippen LogP contribution in [0.4, 0.5) is 5.13 Å². The molecule has 2 aromatic heterocycles. The maximum atomic E-state index is 5.18. The number of rotatable bonds is 3. The van der Waals surface area contributed by atoms with Crippen LogP contribution in [0.2, 0.25) is 0 Å². The zero-order valence-electron chi connectivity index (χ0n) is 6.71. The van der Waals surface area contributed by atoms with Crippen molar-refractivity contribution in [1.29, 1.82) is 0 Å². The molecule has 0 spiro atoms. The smallest absolute Gasteiger partial charge is 0.219 e. The van der Waals surface area contributed by atoms with Crippen LogP contribution >= 0.6 is 11.3 Å². The van der Waals surface area contributed by atoms with Gasteiger partial charge in [-0.2, -0.15) is 0 Å². The van der Waals surface area contributed by atoms with Gasteiger partial charge in [-0.3, -0.25) is 5.43 Å². The Balaban J connectivity index is 2.10. The minimum Gasteiger partial charge on any atom is -0.331 e. The molecule has 0 aromatic carbocycles. The van der Waals surface area contributed by atoms with Gasteiger partial charge in [-0.05, 0) is 0 Å². The third kappa shape index (κ3) is 1.82. The highest BCUT2D eigenvalue weighted by molar-refractivity contribution is 7.15. The van der Waals surface area contributed by atoms with Gasteiger partial charge in [-0.25, -0.2) is 10.8 Å². The topological polar surface area (TPSA) is 81.6 Å². The number of anilines is 1. The van der Waals surface area contributed by atoms with E-state index in [2.05, 4.69) is 20.6 Å². The van der Waals surface area contributed by atoms with Crippen LogP contribution in [0.3, 0.4) is 0 Å². The van der Waals surface area contributed by atoms with Crippen molar-refractivity contribution in [2.45, 2.75) is 6.54 Å². The molecule has 3 N–H and O–H groups in total. The molecule has 0 aliphatic rings. The molecule has 13 heavy (non-hydrogen) atoms. The van der Waals surface area contributed by atoms with Crippen molar-refractivity contribution >= 4 is 16.5 Å². The zero-order valence-corrected chi connectivity index (χ0v) is 7.53. The summed E-state index contributed by atoms with van der Waals surface area (Å²) in [5.41, 5.74) is 2.45. The maximum absolute atomic E-state index is 5.18. The Labute approximate surface area is 78.4 Å². The number of nitrogen functional groups attached to an aromatic ring is 1. The fourth-order valence-corrected chi connectivity index (χ4v) is 1.57. The number of nitrogens with two attached hydrogens (primary N) is 1. The number of aromatic nitrogens is 4. The minimum absolute atomic E-state index is 0.620. The van der Waals surface area contributed by atoms with Crippen molar-refractivity contribution in [3.63, 3.8) is 0 Å². The van der Waals surface area contributed by atoms with Gasteiger partial charge in [0.1, 0.15) is 5.01 Å². The van der Waals surface area contributed by atoms with Gasteiger partial charge in [0.2, 0.25) is 5.13 Å². The number of nitrogens with one attached hydrogen (secondary N) is 1. The second-order valence-electron chi connectivity index (χ2n) is 2.38. The van der Waals surface area contributed by atoms with Gasteiger partial charge in [0.05, 0.1) is 12.9 Å². The zero-order chi connectivity index (χ0) is 9.10. The van der Waals surface area contributed by atoms with Crippen molar-refractivity contribution < 1.29 is 0 Å². The molecular weight excluding hydrogens is 188 g/mol. The summed E-state index contributed by atoms with van der Waals surface area (Å²) in [5, 5.41) is 9.27. The fourth-order valence-electron chi connectivity index (χ4n) is 0.912. The van der Waals surface area contributed by atoms with Crippen LogP contribution in [-0.4, -0.2) is 19.7 Å². The number of hydrazine groups is 1. The molecule has 68 valence electrons. The lowest BCUT2D eigenvalue weighted by atomic mass is 10.6. The van der Waals surface area contributed by atoms with Crippen LogP contribution in [0.5, 0.6) is 0 Å². The molecule has 0 unspecified atom stereocenters. The van der Waals surface area contributed by atoms with Crippen LogP contribution in [0.1, 0.15) is 5.01 Å². The summed E-state index contributed by atoms with van der Waals surface area (Å²) in [5.74, 6) is 5.18. The molecule has 2 aromatic rings. The Morgan fingerprint density at radius 2 is 2.46 bits per heavy atom. The highest BCUT2D eigenvalue weighted by Gasteiger charge is 2.02. The van der Waals surface area contributed by atoms with Gasteiger partial charge in [0.25, 0.3) is 0 Å². The molecule has 0 aliphatic heterocycles. The largest absolute Gasteiger partial charge is 0.331 e. The minimum atomic E-state index is 0.620. The van der Waals surface area contributed by atoms with E-state index in [4.69, 9.17) is 5.84 Å². The van der Waals surface area contributed by atoms with Gasteiger partial charge < -0.3 is 4.57 Å².